The molecule has 2 aromatic heterocycles. The van der Waals surface area contributed by atoms with Crippen molar-refractivity contribution in [2.45, 2.75) is 25.5 Å². The molecule has 0 spiro atoms. The van der Waals surface area contributed by atoms with Crippen LogP contribution in [0.2, 0.25) is 0 Å². The molecule has 0 bridgehead atoms. The monoisotopic (exact) mass is 461 g/mol. The summed E-state index contributed by atoms with van der Waals surface area (Å²) in [5, 5.41) is 4.18. The second-order valence-corrected chi connectivity index (χ2v) is 8.53. The lowest BCUT2D eigenvalue weighted by atomic mass is 9.88. The molecule has 1 unspecified atom stereocenters. The Hall–Kier alpha value is -4.38. The number of hydrogen-bond acceptors (Lipinski definition) is 3. The zero-order valence-corrected chi connectivity index (χ0v) is 19.4. The first-order valence-corrected chi connectivity index (χ1v) is 11.7. The summed E-state index contributed by atoms with van der Waals surface area (Å²) in [7, 11) is 0. The molecule has 35 heavy (non-hydrogen) atoms. The molecule has 1 amide bonds. The number of aromatic nitrogens is 2. The first-order valence-electron chi connectivity index (χ1n) is 11.7. The molecule has 5 nitrogen and oxygen atoms in total. The topological polar surface area (TPSA) is 67.0 Å². The highest BCUT2D eigenvalue weighted by atomic mass is 16.5. The molecule has 0 aliphatic heterocycles. The first-order chi connectivity index (χ1) is 17.3. The van der Waals surface area contributed by atoms with Gasteiger partial charge in [-0.1, -0.05) is 60.7 Å². The van der Waals surface area contributed by atoms with E-state index in [0.717, 1.165) is 38.9 Å². The van der Waals surface area contributed by atoms with Gasteiger partial charge in [0, 0.05) is 48.4 Å². The number of nitrogens with zero attached hydrogens (tertiary/aromatic N) is 1. The second kappa shape index (κ2) is 10.7. The average molecular weight is 462 g/mol. The summed E-state index contributed by atoms with van der Waals surface area (Å²) in [6.07, 6.45) is 5.81. The minimum Gasteiger partial charge on any atom is -0.489 e. The third-order valence-corrected chi connectivity index (χ3v) is 6.13. The number of aromatic amines is 1. The van der Waals surface area contributed by atoms with Crippen molar-refractivity contribution in [2.75, 3.05) is 0 Å². The highest BCUT2D eigenvalue weighted by Gasteiger charge is 2.22. The van der Waals surface area contributed by atoms with Crippen molar-refractivity contribution in [1.82, 2.24) is 15.3 Å². The number of amides is 1. The van der Waals surface area contributed by atoms with Crippen molar-refractivity contribution in [3.63, 3.8) is 0 Å². The van der Waals surface area contributed by atoms with E-state index in [-0.39, 0.29) is 11.8 Å². The Labute approximate surface area is 204 Å². The normalized spacial score (nSPS) is 11.8. The lowest BCUT2D eigenvalue weighted by Gasteiger charge is -2.18. The van der Waals surface area contributed by atoms with Crippen LogP contribution < -0.4 is 10.1 Å². The van der Waals surface area contributed by atoms with E-state index in [4.69, 9.17) is 4.74 Å². The number of pyridine rings is 1. The molecule has 0 radical (unpaired) electrons. The third-order valence-electron chi connectivity index (χ3n) is 6.13. The van der Waals surface area contributed by atoms with Crippen molar-refractivity contribution in [1.29, 1.82) is 0 Å². The predicted octanol–water partition coefficient (Wildman–Crippen LogP) is 5.98. The van der Waals surface area contributed by atoms with Gasteiger partial charge in [-0.05, 0) is 52.6 Å². The summed E-state index contributed by atoms with van der Waals surface area (Å²) in [5.74, 6) is 0.657. The summed E-state index contributed by atoms with van der Waals surface area (Å²) >= 11 is 0. The number of rotatable bonds is 9. The second-order valence-electron chi connectivity index (χ2n) is 8.53. The van der Waals surface area contributed by atoms with Gasteiger partial charge in [-0.15, -0.1) is 0 Å². The zero-order chi connectivity index (χ0) is 23.9. The fraction of sp³-hybridized carbons (Fsp3) is 0.133. The fourth-order valence-corrected chi connectivity index (χ4v) is 4.31. The van der Waals surface area contributed by atoms with E-state index in [9.17, 15) is 4.79 Å². The number of para-hydroxylation sites is 1. The van der Waals surface area contributed by atoms with Crippen LogP contribution in [0.1, 0.15) is 34.6 Å². The summed E-state index contributed by atoms with van der Waals surface area (Å²) in [6, 6.07) is 30.2. The largest absolute Gasteiger partial charge is 0.489 e. The molecule has 0 fully saturated rings. The van der Waals surface area contributed by atoms with Crippen LogP contribution in [0.3, 0.4) is 0 Å². The van der Waals surface area contributed by atoms with E-state index in [0.29, 0.717) is 19.6 Å². The Morgan fingerprint density at radius 1 is 0.886 bits per heavy atom. The Bertz CT molecular complexity index is 1400. The lowest BCUT2D eigenvalue weighted by Crippen LogP contribution is -2.25. The minimum absolute atomic E-state index is 0.00676. The Morgan fingerprint density at radius 3 is 2.54 bits per heavy atom. The molecule has 5 rings (SSSR count). The van der Waals surface area contributed by atoms with Crippen molar-refractivity contribution < 1.29 is 9.53 Å². The molecular formula is C30H27N3O2. The minimum atomic E-state index is -0.121. The molecule has 2 heterocycles. The standard InChI is InChI=1S/C30H27N3O2/c34-30(33-19-22-13-15-31-16-14-22)18-27(28-20-32-29-12-5-4-11-26(28)29)24-9-6-10-25(17-24)35-21-23-7-2-1-3-8-23/h1-17,20,27,32H,18-19,21H2,(H,33,34). The predicted molar refractivity (Wildman–Crippen MR) is 138 cm³/mol. The summed E-state index contributed by atoms with van der Waals surface area (Å²) < 4.78 is 6.08. The quantitative estimate of drug-likeness (QED) is 0.284. The van der Waals surface area contributed by atoms with Crippen molar-refractivity contribution >= 4 is 16.8 Å². The maximum Gasteiger partial charge on any atom is 0.221 e. The van der Waals surface area contributed by atoms with Gasteiger partial charge in [-0.2, -0.15) is 0 Å². The summed E-state index contributed by atoms with van der Waals surface area (Å²) in [5.41, 5.74) is 5.33. The summed E-state index contributed by atoms with van der Waals surface area (Å²) in [4.78, 5) is 20.5. The number of benzene rings is 3. The van der Waals surface area contributed by atoms with Gasteiger partial charge in [-0.3, -0.25) is 9.78 Å². The van der Waals surface area contributed by atoms with Gasteiger partial charge in [0.2, 0.25) is 5.91 Å². The van der Waals surface area contributed by atoms with E-state index in [2.05, 4.69) is 33.5 Å². The van der Waals surface area contributed by atoms with Gasteiger partial charge in [0.1, 0.15) is 12.4 Å². The van der Waals surface area contributed by atoms with Crippen LogP contribution >= 0.6 is 0 Å². The maximum absolute atomic E-state index is 13.1. The molecule has 2 N–H and O–H groups in total. The Morgan fingerprint density at radius 2 is 1.69 bits per heavy atom. The summed E-state index contributed by atoms with van der Waals surface area (Å²) in [6.45, 7) is 0.969. The molecule has 5 aromatic rings. The fourth-order valence-electron chi connectivity index (χ4n) is 4.31. The van der Waals surface area contributed by atoms with E-state index in [1.165, 1.54) is 0 Å². The highest BCUT2D eigenvalue weighted by molar-refractivity contribution is 5.86. The van der Waals surface area contributed by atoms with E-state index in [1.54, 1.807) is 12.4 Å². The van der Waals surface area contributed by atoms with Crippen LogP contribution in [0.25, 0.3) is 10.9 Å². The first kappa shape index (κ1) is 22.4. The molecule has 5 heteroatoms. The van der Waals surface area contributed by atoms with E-state index in [1.807, 2.05) is 79.0 Å². The van der Waals surface area contributed by atoms with Crippen LogP contribution in [0.15, 0.2) is 110 Å². The number of carbonyl (C=O) groups is 1. The molecular weight excluding hydrogens is 434 g/mol. The third kappa shape index (κ3) is 5.58. The van der Waals surface area contributed by atoms with Crippen molar-refractivity contribution in [3.8, 4) is 5.75 Å². The number of nitrogens with one attached hydrogen (secondary N) is 2. The molecule has 174 valence electrons. The molecule has 0 aliphatic rings. The van der Waals surface area contributed by atoms with Crippen LogP contribution in [-0.2, 0) is 17.9 Å². The smallest absolute Gasteiger partial charge is 0.221 e. The van der Waals surface area contributed by atoms with Gasteiger partial charge < -0.3 is 15.0 Å². The Kier molecular flexibility index (Phi) is 6.85. The lowest BCUT2D eigenvalue weighted by molar-refractivity contribution is -0.121. The van der Waals surface area contributed by atoms with Gasteiger partial charge in [0.15, 0.2) is 0 Å². The number of hydrogen-bond donors (Lipinski definition) is 2. The Balaban J connectivity index is 1.39. The maximum atomic E-state index is 13.1. The SMILES string of the molecule is O=C(CC(c1cccc(OCc2ccccc2)c1)c1c[nH]c2ccccc12)NCc1ccncc1. The van der Waals surface area contributed by atoms with E-state index < -0.39 is 0 Å². The molecule has 3 aromatic carbocycles. The molecule has 1 atom stereocenters. The number of carbonyl (C=O) groups excluding carboxylic acids is 1. The van der Waals surface area contributed by atoms with Crippen molar-refractivity contribution in [2.24, 2.45) is 0 Å². The van der Waals surface area contributed by atoms with Crippen LogP contribution in [0.4, 0.5) is 0 Å². The average Bonchev–Trinajstić information content (AvgIpc) is 3.35. The van der Waals surface area contributed by atoms with Gasteiger partial charge in [-0.25, -0.2) is 0 Å². The van der Waals surface area contributed by atoms with Crippen LogP contribution in [0, 0.1) is 0 Å². The van der Waals surface area contributed by atoms with Crippen LogP contribution in [0.5, 0.6) is 5.75 Å². The number of H-pyrrole nitrogens is 1. The van der Waals surface area contributed by atoms with Gasteiger partial charge in [0.05, 0.1) is 0 Å². The zero-order valence-electron chi connectivity index (χ0n) is 19.4. The molecule has 0 saturated carbocycles. The van der Waals surface area contributed by atoms with Crippen LogP contribution in [-0.4, -0.2) is 15.9 Å². The van der Waals surface area contributed by atoms with Gasteiger partial charge >= 0.3 is 0 Å². The molecule has 0 aliphatic carbocycles. The number of fused-ring (bicyclic) bond motifs is 1. The van der Waals surface area contributed by atoms with Gasteiger partial charge in [0.25, 0.3) is 0 Å². The number of ether oxygens (including phenoxy) is 1. The molecule has 0 saturated heterocycles. The highest BCUT2D eigenvalue weighted by Crippen LogP contribution is 2.35. The van der Waals surface area contributed by atoms with Crippen molar-refractivity contribution in [3.05, 3.63) is 132 Å². The van der Waals surface area contributed by atoms with E-state index >= 15 is 0 Å².